The van der Waals surface area contributed by atoms with Crippen LogP contribution in [-0.2, 0) is 13.0 Å². The third kappa shape index (κ3) is 4.85. The number of benzene rings is 2. The normalized spacial score (nSPS) is 10.6. The second kappa shape index (κ2) is 8.75. The molecular formula is C18H21ClFNO2. The summed E-state index contributed by atoms with van der Waals surface area (Å²) >= 11 is 6.27. The third-order valence-electron chi connectivity index (χ3n) is 3.48. The zero-order chi connectivity index (χ0) is 16.7. The zero-order valence-electron chi connectivity index (χ0n) is 13.4. The Hall–Kier alpha value is -1.78. The summed E-state index contributed by atoms with van der Waals surface area (Å²) in [6.07, 6.45) is 0.624. The minimum Gasteiger partial charge on any atom is -0.493 e. The Morgan fingerprint density at radius 2 is 1.91 bits per heavy atom. The fourth-order valence-electron chi connectivity index (χ4n) is 2.29. The number of hydrogen-bond acceptors (Lipinski definition) is 3. The lowest BCUT2D eigenvalue weighted by Gasteiger charge is -2.13. The van der Waals surface area contributed by atoms with Crippen LogP contribution in [0.3, 0.4) is 0 Å². The summed E-state index contributed by atoms with van der Waals surface area (Å²) in [6, 6.07) is 10.4. The summed E-state index contributed by atoms with van der Waals surface area (Å²) in [6.45, 7) is 3.71. The molecule has 2 aromatic carbocycles. The Morgan fingerprint density at radius 3 is 2.61 bits per heavy atom. The van der Waals surface area contributed by atoms with E-state index in [1.54, 1.807) is 25.3 Å². The lowest BCUT2D eigenvalue weighted by molar-refractivity contribution is 0.310. The van der Waals surface area contributed by atoms with Crippen molar-refractivity contribution in [3.63, 3.8) is 0 Å². The van der Waals surface area contributed by atoms with Crippen molar-refractivity contribution in [1.82, 2.24) is 5.32 Å². The van der Waals surface area contributed by atoms with E-state index in [2.05, 4.69) is 5.32 Å². The SMILES string of the molecule is CCOc1cc(CNCCc2ccccc2F)c(Cl)cc1OC. The topological polar surface area (TPSA) is 30.5 Å². The van der Waals surface area contributed by atoms with Crippen molar-refractivity contribution in [3.8, 4) is 11.5 Å². The highest BCUT2D eigenvalue weighted by atomic mass is 35.5. The van der Waals surface area contributed by atoms with Gasteiger partial charge < -0.3 is 14.8 Å². The summed E-state index contributed by atoms with van der Waals surface area (Å²) < 4.78 is 24.4. The Bertz CT molecular complexity index is 649. The van der Waals surface area contributed by atoms with E-state index in [4.69, 9.17) is 21.1 Å². The van der Waals surface area contributed by atoms with Crippen LogP contribution in [0.1, 0.15) is 18.1 Å². The van der Waals surface area contributed by atoms with E-state index in [1.165, 1.54) is 6.07 Å². The summed E-state index contributed by atoms with van der Waals surface area (Å²) in [5.74, 6) is 1.12. The molecule has 0 heterocycles. The summed E-state index contributed by atoms with van der Waals surface area (Å²) in [4.78, 5) is 0. The van der Waals surface area contributed by atoms with Gasteiger partial charge in [0.15, 0.2) is 11.5 Å². The second-order valence-corrected chi connectivity index (χ2v) is 5.45. The van der Waals surface area contributed by atoms with Gasteiger partial charge in [-0.3, -0.25) is 0 Å². The molecular weight excluding hydrogens is 317 g/mol. The fraction of sp³-hybridized carbons (Fsp3) is 0.333. The zero-order valence-corrected chi connectivity index (χ0v) is 14.1. The van der Waals surface area contributed by atoms with Crippen LogP contribution < -0.4 is 14.8 Å². The number of rotatable bonds is 8. The highest BCUT2D eigenvalue weighted by Gasteiger charge is 2.10. The van der Waals surface area contributed by atoms with Gasteiger partial charge in [-0.15, -0.1) is 0 Å². The van der Waals surface area contributed by atoms with Crippen molar-refractivity contribution < 1.29 is 13.9 Å². The molecule has 0 amide bonds. The molecule has 2 aromatic rings. The molecule has 5 heteroatoms. The first kappa shape index (κ1) is 17.6. The quantitative estimate of drug-likeness (QED) is 0.732. The van der Waals surface area contributed by atoms with Crippen LogP contribution in [0.5, 0.6) is 11.5 Å². The van der Waals surface area contributed by atoms with E-state index in [0.29, 0.717) is 48.2 Å². The molecule has 1 N–H and O–H groups in total. The van der Waals surface area contributed by atoms with Gasteiger partial charge in [0.1, 0.15) is 5.82 Å². The molecule has 124 valence electrons. The minimum atomic E-state index is -0.171. The molecule has 0 spiro atoms. The Balaban J connectivity index is 1.95. The Labute approximate surface area is 141 Å². The molecule has 0 aliphatic rings. The van der Waals surface area contributed by atoms with Crippen LogP contribution >= 0.6 is 11.6 Å². The highest BCUT2D eigenvalue weighted by Crippen LogP contribution is 2.33. The van der Waals surface area contributed by atoms with Gasteiger partial charge in [0.25, 0.3) is 0 Å². The minimum absolute atomic E-state index is 0.171. The van der Waals surface area contributed by atoms with Crippen LogP contribution in [0, 0.1) is 5.82 Å². The standard InChI is InChI=1S/C18H21ClFNO2/c1-3-23-18-10-14(15(19)11-17(18)22-2)12-21-9-8-13-6-4-5-7-16(13)20/h4-7,10-11,21H,3,8-9,12H2,1-2H3. The number of hydrogen-bond donors (Lipinski definition) is 1. The molecule has 3 nitrogen and oxygen atoms in total. The molecule has 0 aliphatic carbocycles. The monoisotopic (exact) mass is 337 g/mol. The third-order valence-corrected chi connectivity index (χ3v) is 3.83. The number of methoxy groups -OCH3 is 1. The first-order chi connectivity index (χ1) is 11.2. The maximum absolute atomic E-state index is 13.5. The van der Waals surface area contributed by atoms with Gasteiger partial charge in [0, 0.05) is 17.6 Å². The van der Waals surface area contributed by atoms with Crippen molar-refractivity contribution in [2.24, 2.45) is 0 Å². The average molecular weight is 338 g/mol. The molecule has 0 unspecified atom stereocenters. The van der Waals surface area contributed by atoms with E-state index >= 15 is 0 Å². The largest absolute Gasteiger partial charge is 0.493 e. The number of ether oxygens (including phenoxy) is 2. The van der Waals surface area contributed by atoms with Gasteiger partial charge in [0.2, 0.25) is 0 Å². The van der Waals surface area contributed by atoms with Crippen LogP contribution in [0.15, 0.2) is 36.4 Å². The molecule has 0 bridgehead atoms. The Morgan fingerprint density at radius 1 is 1.13 bits per heavy atom. The maximum Gasteiger partial charge on any atom is 0.162 e. The lowest BCUT2D eigenvalue weighted by atomic mass is 10.1. The van der Waals surface area contributed by atoms with Gasteiger partial charge in [-0.25, -0.2) is 4.39 Å². The molecule has 0 saturated heterocycles. The van der Waals surface area contributed by atoms with Gasteiger partial charge in [-0.2, -0.15) is 0 Å². The summed E-state index contributed by atoms with van der Waals surface area (Å²) in [5.41, 5.74) is 1.63. The maximum atomic E-state index is 13.5. The Kier molecular flexibility index (Phi) is 6.68. The van der Waals surface area contributed by atoms with E-state index in [0.717, 1.165) is 5.56 Å². The molecule has 23 heavy (non-hydrogen) atoms. The number of nitrogens with one attached hydrogen (secondary N) is 1. The van der Waals surface area contributed by atoms with Crippen molar-refractivity contribution >= 4 is 11.6 Å². The van der Waals surface area contributed by atoms with Crippen molar-refractivity contribution in [1.29, 1.82) is 0 Å². The van der Waals surface area contributed by atoms with Crippen molar-refractivity contribution in [3.05, 3.63) is 58.4 Å². The van der Waals surface area contributed by atoms with E-state index < -0.39 is 0 Å². The lowest BCUT2D eigenvalue weighted by Crippen LogP contribution is -2.17. The molecule has 0 saturated carbocycles. The average Bonchev–Trinajstić information content (AvgIpc) is 2.55. The van der Waals surface area contributed by atoms with Crippen LogP contribution in [0.2, 0.25) is 5.02 Å². The fourth-order valence-corrected chi connectivity index (χ4v) is 2.51. The smallest absolute Gasteiger partial charge is 0.162 e. The first-order valence-electron chi connectivity index (χ1n) is 7.59. The van der Waals surface area contributed by atoms with Gasteiger partial charge >= 0.3 is 0 Å². The molecule has 0 radical (unpaired) electrons. The van der Waals surface area contributed by atoms with E-state index in [1.807, 2.05) is 19.1 Å². The molecule has 0 aromatic heterocycles. The van der Waals surface area contributed by atoms with Crippen molar-refractivity contribution in [2.75, 3.05) is 20.3 Å². The van der Waals surface area contributed by atoms with Gasteiger partial charge in [-0.1, -0.05) is 29.8 Å². The van der Waals surface area contributed by atoms with E-state index in [-0.39, 0.29) is 5.82 Å². The second-order valence-electron chi connectivity index (χ2n) is 5.05. The predicted octanol–water partition coefficient (Wildman–Crippen LogP) is 4.22. The van der Waals surface area contributed by atoms with Gasteiger partial charge in [0.05, 0.1) is 13.7 Å². The molecule has 2 rings (SSSR count). The summed E-state index contributed by atoms with van der Waals surface area (Å²) in [7, 11) is 1.58. The summed E-state index contributed by atoms with van der Waals surface area (Å²) in [5, 5.41) is 3.89. The van der Waals surface area contributed by atoms with Crippen LogP contribution in [-0.4, -0.2) is 20.3 Å². The van der Waals surface area contributed by atoms with E-state index in [9.17, 15) is 4.39 Å². The van der Waals surface area contributed by atoms with Crippen LogP contribution in [0.4, 0.5) is 4.39 Å². The number of halogens is 2. The highest BCUT2D eigenvalue weighted by molar-refractivity contribution is 6.31. The molecule has 0 atom stereocenters. The first-order valence-corrected chi connectivity index (χ1v) is 7.96. The van der Waals surface area contributed by atoms with Crippen LogP contribution in [0.25, 0.3) is 0 Å². The van der Waals surface area contributed by atoms with Crippen molar-refractivity contribution in [2.45, 2.75) is 19.9 Å². The molecule has 0 aliphatic heterocycles. The predicted molar refractivity (Wildman–Crippen MR) is 91.0 cm³/mol. The molecule has 0 fully saturated rings. The van der Waals surface area contributed by atoms with Gasteiger partial charge in [-0.05, 0) is 43.1 Å².